The molecule has 2 heterocycles. The number of thiazole rings is 1. The van der Waals surface area contributed by atoms with Gasteiger partial charge in [-0.1, -0.05) is 11.6 Å². The molecule has 0 bridgehead atoms. The summed E-state index contributed by atoms with van der Waals surface area (Å²) in [5.41, 5.74) is 0.549. The van der Waals surface area contributed by atoms with Crippen LogP contribution in [-0.2, 0) is 0 Å². The molecular formula is C16H18ClF2N3OS. The number of nitrogens with one attached hydrogen (secondary N) is 1. The molecule has 8 heteroatoms. The van der Waals surface area contributed by atoms with E-state index in [0.717, 1.165) is 29.9 Å². The van der Waals surface area contributed by atoms with Crippen molar-refractivity contribution < 1.29 is 13.9 Å². The van der Waals surface area contributed by atoms with Crippen molar-refractivity contribution in [3.05, 3.63) is 28.5 Å². The second-order valence-corrected chi connectivity index (χ2v) is 7.59. The highest BCUT2D eigenvalue weighted by Crippen LogP contribution is 2.36. The van der Waals surface area contributed by atoms with Gasteiger partial charge in [-0.25, -0.2) is 18.7 Å². The molecule has 0 unspecified atom stereocenters. The van der Waals surface area contributed by atoms with Crippen molar-refractivity contribution >= 4 is 28.6 Å². The number of hydrogen-bond donors (Lipinski definition) is 2. The summed E-state index contributed by atoms with van der Waals surface area (Å²) in [4.78, 5) is 8.04. The van der Waals surface area contributed by atoms with Crippen LogP contribution in [0.2, 0.25) is 5.15 Å². The summed E-state index contributed by atoms with van der Waals surface area (Å²) in [6.07, 6.45) is 2.04. The molecule has 2 aromatic heterocycles. The molecule has 0 aliphatic heterocycles. The molecule has 1 aliphatic carbocycles. The highest BCUT2D eigenvalue weighted by molar-refractivity contribution is 7.13. The van der Waals surface area contributed by atoms with Crippen LogP contribution >= 0.6 is 22.9 Å². The number of alkyl halides is 2. The van der Waals surface area contributed by atoms with Crippen molar-refractivity contribution in [1.82, 2.24) is 9.97 Å². The number of aromatic nitrogens is 2. The molecule has 0 atom stereocenters. The molecule has 2 N–H and O–H groups in total. The number of rotatable bonds is 4. The molecule has 0 amide bonds. The predicted octanol–water partition coefficient (Wildman–Crippen LogP) is 4.90. The lowest BCUT2D eigenvalue weighted by Gasteiger charge is -2.34. The van der Waals surface area contributed by atoms with Gasteiger partial charge in [-0.15, -0.1) is 11.3 Å². The minimum absolute atomic E-state index is 0.192. The summed E-state index contributed by atoms with van der Waals surface area (Å²) in [5.74, 6) is 0. The first-order valence-electron chi connectivity index (χ1n) is 7.72. The average Bonchev–Trinajstić information content (AvgIpc) is 2.99. The Hall–Kier alpha value is -1.31. The van der Waals surface area contributed by atoms with Gasteiger partial charge in [0.2, 0.25) is 0 Å². The molecule has 0 spiro atoms. The van der Waals surface area contributed by atoms with E-state index in [1.807, 2.05) is 6.92 Å². The summed E-state index contributed by atoms with van der Waals surface area (Å²) >= 11 is 7.15. The van der Waals surface area contributed by atoms with Crippen LogP contribution in [-0.4, -0.2) is 26.7 Å². The molecule has 1 fully saturated rings. The van der Waals surface area contributed by atoms with E-state index >= 15 is 0 Å². The second-order valence-electron chi connectivity index (χ2n) is 6.35. The molecule has 4 nitrogen and oxygen atoms in total. The Morgan fingerprint density at radius 3 is 2.75 bits per heavy atom. The summed E-state index contributed by atoms with van der Waals surface area (Å²) in [6.45, 7) is 1.85. The van der Waals surface area contributed by atoms with Gasteiger partial charge < -0.3 is 10.4 Å². The maximum absolute atomic E-state index is 12.8. The topological polar surface area (TPSA) is 58.0 Å². The minimum Gasteiger partial charge on any atom is -0.390 e. The Labute approximate surface area is 147 Å². The number of anilines is 1. The number of aliphatic hydroxyl groups is 1. The molecule has 1 saturated carbocycles. The molecule has 130 valence electrons. The van der Waals surface area contributed by atoms with Gasteiger partial charge in [0.25, 0.3) is 6.43 Å². The van der Waals surface area contributed by atoms with Crippen molar-refractivity contribution in [2.75, 3.05) is 5.32 Å². The maximum Gasteiger partial charge on any atom is 0.281 e. The summed E-state index contributed by atoms with van der Waals surface area (Å²) < 4.78 is 25.5. The molecule has 0 radical (unpaired) electrons. The Balaban J connectivity index is 1.83. The smallest absolute Gasteiger partial charge is 0.281 e. The Morgan fingerprint density at radius 1 is 1.42 bits per heavy atom. The largest absolute Gasteiger partial charge is 0.390 e. The number of pyridine rings is 1. The van der Waals surface area contributed by atoms with Crippen LogP contribution in [0.3, 0.4) is 0 Å². The first kappa shape index (κ1) is 17.5. The van der Waals surface area contributed by atoms with Crippen LogP contribution in [0.25, 0.3) is 10.6 Å². The third-order valence-corrected chi connectivity index (χ3v) is 5.37. The van der Waals surface area contributed by atoms with Gasteiger partial charge in [0.15, 0.2) is 0 Å². The van der Waals surface area contributed by atoms with Crippen LogP contribution in [0.15, 0.2) is 17.6 Å². The fourth-order valence-corrected chi connectivity index (χ4v) is 3.83. The van der Waals surface area contributed by atoms with E-state index in [1.54, 1.807) is 12.3 Å². The first-order chi connectivity index (χ1) is 11.3. The highest BCUT2D eigenvalue weighted by Gasteiger charge is 2.29. The molecular weight excluding hydrogens is 356 g/mol. The van der Waals surface area contributed by atoms with Crippen LogP contribution in [0.1, 0.15) is 44.7 Å². The molecule has 3 rings (SSSR count). The van der Waals surface area contributed by atoms with Gasteiger partial charge in [0.1, 0.15) is 15.9 Å². The Bertz CT molecular complexity index is 713. The van der Waals surface area contributed by atoms with Crippen molar-refractivity contribution in [3.63, 3.8) is 0 Å². The lowest BCUT2D eigenvalue weighted by Crippen LogP contribution is -2.35. The Morgan fingerprint density at radius 2 is 2.12 bits per heavy atom. The van der Waals surface area contributed by atoms with E-state index in [-0.39, 0.29) is 11.7 Å². The van der Waals surface area contributed by atoms with Gasteiger partial charge in [-0.2, -0.15) is 0 Å². The zero-order chi connectivity index (χ0) is 17.3. The summed E-state index contributed by atoms with van der Waals surface area (Å²) in [7, 11) is 0. The van der Waals surface area contributed by atoms with Crippen molar-refractivity contribution in [3.8, 4) is 10.6 Å². The molecule has 24 heavy (non-hydrogen) atoms. The molecule has 1 aliphatic rings. The van der Waals surface area contributed by atoms with Crippen LogP contribution < -0.4 is 5.32 Å². The number of nitrogens with zero attached hydrogens (tertiary/aromatic N) is 2. The predicted molar refractivity (Wildman–Crippen MR) is 91.8 cm³/mol. The number of hydrogen-bond acceptors (Lipinski definition) is 5. The van der Waals surface area contributed by atoms with Crippen molar-refractivity contribution in [1.29, 1.82) is 0 Å². The normalized spacial score (nSPS) is 24.3. The quantitative estimate of drug-likeness (QED) is 0.748. The molecule has 0 aromatic carbocycles. The van der Waals surface area contributed by atoms with Crippen LogP contribution in [0.4, 0.5) is 14.5 Å². The minimum atomic E-state index is -2.59. The maximum atomic E-state index is 12.8. The standard InChI is InChI=1S/C16H18ClF2N3OS/c1-16(23)4-2-9(3-5-16)21-11-6-13(17)20-7-10(11)15-22-12(8-24-15)14(18)19/h6-9,14,23H,2-5H2,1H3,(H,20,21). The van der Waals surface area contributed by atoms with Gasteiger partial charge in [0.05, 0.1) is 11.2 Å². The van der Waals surface area contributed by atoms with E-state index in [1.165, 1.54) is 5.38 Å². The second kappa shape index (κ2) is 6.90. The highest BCUT2D eigenvalue weighted by atomic mass is 35.5. The monoisotopic (exact) mass is 373 g/mol. The zero-order valence-electron chi connectivity index (χ0n) is 13.1. The van der Waals surface area contributed by atoms with Crippen LogP contribution in [0.5, 0.6) is 0 Å². The van der Waals surface area contributed by atoms with Crippen LogP contribution in [0, 0.1) is 0 Å². The summed E-state index contributed by atoms with van der Waals surface area (Å²) in [5, 5.41) is 15.6. The fourth-order valence-electron chi connectivity index (χ4n) is 2.83. The summed E-state index contributed by atoms with van der Waals surface area (Å²) in [6, 6.07) is 1.88. The van der Waals surface area contributed by atoms with E-state index in [2.05, 4.69) is 15.3 Å². The van der Waals surface area contributed by atoms with E-state index in [9.17, 15) is 13.9 Å². The van der Waals surface area contributed by atoms with Gasteiger partial charge in [-0.05, 0) is 38.7 Å². The number of halogens is 3. The van der Waals surface area contributed by atoms with Gasteiger partial charge in [0, 0.05) is 23.3 Å². The third kappa shape index (κ3) is 4.02. The zero-order valence-corrected chi connectivity index (χ0v) is 14.7. The van der Waals surface area contributed by atoms with Crippen molar-refractivity contribution in [2.24, 2.45) is 0 Å². The van der Waals surface area contributed by atoms with E-state index in [0.29, 0.717) is 28.6 Å². The average molecular weight is 374 g/mol. The van der Waals surface area contributed by atoms with E-state index in [4.69, 9.17) is 11.6 Å². The van der Waals surface area contributed by atoms with Gasteiger partial charge in [-0.3, -0.25) is 0 Å². The van der Waals surface area contributed by atoms with E-state index < -0.39 is 12.0 Å². The molecule has 2 aromatic rings. The third-order valence-electron chi connectivity index (χ3n) is 4.27. The lowest BCUT2D eigenvalue weighted by molar-refractivity contribution is 0.0196. The van der Waals surface area contributed by atoms with Crippen molar-refractivity contribution in [2.45, 2.75) is 50.7 Å². The fraction of sp³-hybridized carbons (Fsp3) is 0.500. The first-order valence-corrected chi connectivity index (χ1v) is 8.98. The molecule has 0 saturated heterocycles. The van der Waals surface area contributed by atoms with Gasteiger partial charge >= 0.3 is 0 Å². The lowest BCUT2D eigenvalue weighted by atomic mass is 9.83. The SMILES string of the molecule is CC1(O)CCC(Nc2cc(Cl)ncc2-c2nc(C(F)F)cs2)CC1. The Kier molecular flexibility index (Phi) is 5.03.